The maximum Gasteiger partial charge on any atom is 0.157 e. The third-order valence-electron chi connectivity index (χ3n) is 5.14. The summed E-state index contributed by atoms with van der Waals surface area (Å²) < 4.78 is 7.04. The van der Waals surface area contributed by atoms with Crippen LogP contribution in [0, 0.1) is 6.92 Å². The van der Waals surface area contributed by atoms with E-state index < -0.39 is 0 Å². The molecule has 0 aliphatic carbocycles. The van der Waals surface area contributed by atoms with Crippen molar-refractivity contribution in [2.45, 2.75) is 32.2 Å². The quantitative estimate of drug-likeness (QED) is 0.782. The Balaban J connectivity index is 1.43. The monoisotopic (exact) mass is 351 g/mol. The summed E-state index contributed by atoms with van der Waals surface area (Å²) in [6.45, 7) is 5.05. The zero-order valence-corrected chi connectivity index (χ0v) is 15.4. The molecule has 0 unspecified atom stereocenters. The van der Waals surface area contributed by atoms with Crippen molar-refractivity contribution in [2.24, 2.45) is 0 Å². The van der Waals surface area contributed by atoms with E-state index in [2.05, 4.69) is 28.2 Å². The van der Waals surface area contributed by atoms with Crippen LogP contribution in [-0.4, -0.2) is 39.7 Å². The number of nitrogens with zero attached hydrogens (tertiary/aromatic N) is 4. The summed E-state index contributed by atoms with van der Waals surface area (Å²) in [5.41, 5.74) is 10.3. The second-order valence-electron chi connectivity index (χ2n) is 7.06. The van der Waals surface area contributed by atoms with E-state index in [0.29, 0.717) is 11.7 Å². The molecule has 0 atom stereocenters. The van der Waals surface area contributed by atoms with E-state index in [1.165, 1.54) is 5.56 Å². The Morgan fingerprint density at radius 1 is 1.19 bits per heavy atom. The Labute approximate surface area is 153 Å². The molecule has 2 N–H and O–H groups in total. The first-order valence-corrected chi connectivity index (χ1v) is 9.10. The van der Waals surface area contributed by atoms with Crippen molar-refractivity contribution in [3.05, 3.63) is 53.3 Å². The molecule has 1 fully saturated rings. The van der Waals surface area contributed by atoms with Gasteiger partial charge >= 0.3 is 0 Å². The van der Waals surface area contributed by atoms with Crippen LogP contribution < -0.4 is 10.5 Å². The first kappa shape index (κ1) is 16.8. The molecule has 0 saturated carbocycles. The minimum absolute atomic E-state index is 0.457. The highest BCUT2D eigenvalue weighted by atomic mass is 16.5. The number of hydrogen-bond donors (Lipinski definition) is 1. The predicted octanol–water partition coefficient (Wildman–Crippen LogP) is 3.01. The first-order valence-electron chi connectivity index (χ1n) is 9.10. The Kier molecular flexibility index (Phi) is 4.51. The van der Waals surface area contributed by atoms with Gasteiger partial charge in [0.05, 0.1) is 12.8 Å². The number of piperidine rings is 1. The van der Waals surface area contributed by atoms with Crippen LogP contribution in [0.25, 0.3) is 5.65 Å². The van der Waals surface area contributed by atoms with E-state index in [1.807, 2.05) is 25.1 Å². The zero-order chi connectivity index (χ0) is 18.1. The van der Waals surface area contributed by atoms with Gasteiger partial charge in [0.15, 0.2) is 5.65 Å². The van der Waals surface area contributed by atoms with Gasteiger partial charge < -0.3 is 10.5 Å². The number of hydrogen-bond acceptors (Lipinski definition) is 5. The van der Waals surface area contributed by atoms with E-state index in [-0.39, 0.29) is 0 Å². The highest BCUT2D eigenvalue weighted by Crippen LogP contribution is 2.29. The molecule has 1 aromatic carbocycles. The number of nitrogen functional groups attached to an aromatic ring is 1. The predicted molar refractivity (Wildman–Crippen MR) is 102 cm³/mol. The van der Waals surface area contributed by atoms with Crippen LogP contribution >= 0.6 is 0 Å². The lowest BCUT2D eigenvalue weighted by atomic mass is 9.93. The lowest BCUT2D eigenvalue weighted by Gasteiger charge is -2.31. The van der Waals surface area contributed by atoms with E-state index in [1.54, 1.807) is 11.6 Å². The number of rotatable bonds is 4. The SMILES string of the molecule is COc1cccc(CN2CCC(c3cc(N)n4nc(C)cc4n3)CC2)c1. The smallest absolute Gasteiger partial charge is 0.157 e. The van der Waals surface area contributed by atoms with Crippen LogP contribution in [0.15, 0.2) is 36.4 Å². The molecule has 2 aromatic heterocycles. The van der Waals surface area contributed by atoms with E-state index in [9.17, 15) is 0 Å². The number of likely N-dealkylation sites (tertiary alicyclic amines) is 1. The van der Waals surface area contributed by atoms with Gasteiger partial charge in [0, 0.05) is 30.3 Å². The van der Waals surface area contributed by atoms with Crippen LogP contribution in [0.5, 0.6) is 5.75 Å². The Morgan fingerprint density at radius 2 is 2.00 bits per heavy atom. The molecule has 6 heteroatoms. The topological polar surface area (TPSA) is 68.7 Å². The maximum absolute atomic E-state index is 6.17. The Hall–Kier alpha value is -2.60. The van der Waals surface area contributed by atoms with Crippen molar-refractivity contribution in [3.63, 3.8) is 0 Å². The van der Waals surface area contributed by atoms with Crippen molar-refractivity contribution in [2.75, 3.05) is 25.9 Å². The van der Waals surface area contributed by atoms with E-state index in [0.717, 1.165) is 55.3 Å². The summed E-state index contributed by atoms with van der Waals surface area (Å²) in [4.78, 5) is 7.29. The molecule has 1 saturated heterocycles. The van der Waals surface area contributed by atoms with E-state index >= 15 is 0 Å². The number of fused-ring (bicyclic) bond motifs is 1. The molecule has 4 rings (SSSR count). The standard InChI is InChI=1S/C20H25N5O/c1-14-10-20-22-18(12-19(21)25(20)23-14)16-6-8-24(9-7-16)13-15-4-3-5-17(11-15)26-2/h3-5,10-12,16H,6-9,13,21H2,1-2H3. The average molecular weight is 351 g/mol. The molecule has 136 valence electrons. The average Bonchev–Trinajstić information content (AvgIpc) is 3.03. The second-order valence-corrected chi connectivity index (χ2v) is 7.06. The Morgan fingerprint density at radius 3 is 2.77 bits per heavy atom. The molecule has 26 heavy (non-hydrogen) atoms. The fourth-order valence-electron chi connectivity index (χ4n) is 3.76. The highest BCUT2D eigenvalue weighted by Gasteiger charge is 2.23. The summed E-state index contributed by atoms with van der Waals surface area (Å²) >= 11 is 0. The number of aromatic nitrogens is 3. The Bertz CT molecular complexity index is 912. The van der Waals surface area contributed by atoms with Crippen LogP contribution in [0.1, 0.15) is 35.7 Å². The first-order chi connectivity index (χ1) is 12.6. The number of ether oxygens (including phenoxy) is 1. The summed E-state index contributed by atoms with van der Waals surface area (Å²) in [5.74, 6) is 2.04. The van der Waals surface area contributed by atoms with Gasteiger partial charge in [-0.2, -0.15) is 9.61 Å². The zero-order valence-electron chi connectivity index (χ0n) is 15.4. The van der Waals surface area contributed by atoms with Crippen molar-refractivity contribution >= 4 is 11.5 Å². The maximum atomic E-state index is 6.17. The fraction of sp³-hybridized carbons (Fsp3) is 0.400. The second kappa shape index (κ2) is 6.96. The van der Waals surface area contributed by atoms with Crippen LogP contribution in [-0.2, 0) is 6.54 Å². The summed E-state index contributed by atoms with van der Waals surface area (Å²) in [6.07, 6.45) is 2.19. The van der Waals surface area contributed by atoms with Crippen LogP contribution in [0.3, 0.4) is 0 Å². The van der Waals surface area contributed by atoms with Gasteiger partial charge in [0.25, 0.3) is 0 Å². The number of benzene rings is 1. The number of anilines is 1. The molecule has 3 aromatic rings. The highest BCUT2D eigenvalue weighted by molar-refractivity contribution is 5.48. The minimum atomic E-state index is 0.457. The lowest BCUT2D eigenvalue weighted by Crippen LogP contribution is -2.32. The van der Waals surface area contributed by atoms with Gasteiger partial charge in [-0.3, -0.25) is 4.90 Å². The molecule has 6 nitrogen and oxygen atoms in total. The van der Waals surface area contributed by atoms with Crippen molar-refractivity contribution in [1.82, 2.24) is 19.5 Å². The van der Waals surface area contributed by atoms with Gasteiger partial charge in [-0.1, -0.05) is 12.1 Å². The summed E-state index contributed by atoms with van der Waals surface area (Å²) in [7, 11) is 1.71. The minimum Gasteiger partial charge on any atom is -0.497 e. The normalized spacial score (nSPS) is 16.2. The molecular weight excluding hydrogens is 326 g/mol. The number of aryl methyl sites for hydroxylation is 1. The molecule has 0 amide bonds. The van der Waals surface area contributed by atoms with Gasteiger partial charge in [-0.05, 0) is 50.6 Å². The molecule has 1 aliphatic heterocycles. The van der Waals surface area contributed by atoms with E-state index in [4.69, 9.17) is 15.5 Å². The fourth-order valence-corrected chi connectivity index (χ4v) is 3.76. The molecule has 0 spiro atoms. The number of nitrogens with two attached hydrogens (primary N) is 1. The largest absolute Gasteiger partial charge is 0.497 e. The molecule has 1 aliphatic rings. The van der Waals surface area contributed by atoms with Crippen molar-refractivity contribution in [1.29, 1.82) is 0 Å². The molecule has 0 radical (unpaired) electrons. The van der Waals surface area contributed by atoms with Gasteiger partial charge in [-0.25, -0.2) is 4.98 Å². The van der Waals surface area contributed by atoms with Gasteiger partial charge in [-0.15, -0.1) is 0 Å². The van der Waals surface area contributed by atoms with Gasteiger partial charge in [0.2, 0.25) is 0 Å². The molecule has 3 heterocycles. The van der Waals surface area contributed by atoms with Crippen molar-refractivity contribution < 1.29 is 4.74 Å². The third-order valence-corrected chi connectivity index (χ3v) is 5.14. The number of methoxy groups -OCH3 is 1. The van der Waals surface area contributed by atoms with Crippen LogP contribution in [0.4, 0.5) is 5.82 Å². The summed E-state index contributed by atoms with van der Waals surface area (Å²) in [5, 5.41) is 4.38. The molecule has 0 bridgehead atoms. The molecular formula is C20H25N5O. The third kappa shape index (κ3) is 3.37. The van der Waals surface area contributed by atoms with Gasteiger partial charge in [0.1, 0.15) is 11.6 Å². The van der Waals surface area contributed by atoms with Crippen LogP contribution in [0.2, 0.25) is 0 Å². The summed E-state index contributed by atoms with van der Waals surface area (Å²) in [6, 6.07) is 12.3. The lowest BCUT2D eigenvalue weighted by molar-refractivity contribution is 0.203. The van der Waals surface area contributed by atoms with Crippen molar-refractivity contribution in [3.8, 4) is 5.75 Å².